The lowest BCUT2D eigenvalue weighted by Crippen LogP contribution is -2.10. The van der Waals surface area contributed by atoms with Gasteiger partial charge in [0.15, 0.2) is 0 Å². The molecule has 0 aliphatic rings. The van der Waals surface area contributed by atoms with E-state index in [9.17, 15) is 0 Å². The van der Waals surface area contributed by atoms with Crippen LogP contribution in [-0.2, 0) is 0 Å². The van der Waals surface area contributed by atoms with Crippen molar-refractivity contribution in [3.8, 4) is 5.69 Å². The Morgan fingerprint density at radius 2 is 2.33 bits per heavy atom. The quantitative estimate of drug-likeness (QED) is 0.823. The van der Waals surface area contributed by atoms with Crippen molar-refractivity contribution in [2.24, 2.45) is 5.73 Å². The summed E-state index contributed by atoms with van der Waals surface area (Å²) in [5.74, 6) is 0. The minimum atomic E-state index is 0.0295. The lowest BCUT2D eigenvalue weighted by Gasteiger charge is -2.08. The van der Waals surface area contributed by atoms with Gasteiger partial charge in [0.1, 0.15) is 0 Å². The summed E-state index contributed by atoms with van der Waals surface area (Å²) in [7, 11) is 0. The average Bonchev–Trinajstić information content (AvgIpc) is 2.82. The van der Waals surface area contributed by atoms with Crippen LogP contribution < -0.4 is 5.73 Å². The van der Waals surface area contributed by atoms with E-state index in [1.807, 2.05) is 29.1 Å². The Balaban J connectivity index is 2.25. The van der Waals surface area contributed by atoms with Crippen LogP contribution in [0.25, 0.3) is 5.69 Å². The van der Waals surface area contributed by atoms with Crippen molar-refractivity contribution in [1.82, 2.24) is 14.5 Å². The van der Waals surface area contributed by atoms with Crippen molar-refractivity contribution in [1.29, 1.82) is 0 Å². The molecule has 0 saturated heterocycles. The fourth-order valence-corrected chi connectivity index (χ4v) is 1.39. The van der Waals surface area contributed by atoms with Crippen molar-refractivity contribution in [3.63, 3.8) is 0 Å². The Kier molecular flexibility index (Phi) is 2.78. The van der Waals surface area contributed by atoms with Crippen LogP contribution in [-0.4, -0.2) is 14.5 Å². The van der Waals surface area contributed by atoms with Gasteiger partial charge in [0.05, 0.1) is 23.9 Å². The molecule has 2 heterocycles. The fraction of sp³-hybridized carbons (Fsp3) is 0.273. The van der Waals surface area contributed by atoms with Gasteiger partial charge < -0.3 is 10.3 Å². The van der Waals surface area contributed by atoms with E-state index in [1.54, 1.807) is 12.5 Å². The maximum absolute atomic E-state index is 5.88. The highest BCUT2D eigenvalue weighted by Crippen LogP contribution is 2.12. The highest BCUT2D eigenvalue weighted by Gasteiger charge is 2.04. The molecule has 0 aliphatic heterocycles. The molecule has 0 bridgehead atoms. The molecule has 0 fully saturated rings. The number of rotatable bonds is 3. The normalized spacial score (nSPS) is 12.7. The topological polar surface area (TPSA) is 56.7 Å². The molecular formula is C11H14N4. The Labute approximate surface area is 88.8 Å². The zero-order valence-corrected chi connectivity index (χ0v) is 8.67. The zero-order chi connectivity index (χ0) is 10.7. The number of aromatic nitrogens is 3. The van der Waals surface area contributed by atoms with E-state index in [1.165, 1.54) is 0 Å². The summed E-state index contributed by atoms with van der Waals surface area (Å²) in [6.07, 6.45) is 8.09. The standard InChI is InChI=1S/C11H14N4/c1-2-10(12)11-4-3-9(7-14-11)15-6-5-13-8-15/h3-8,10H,2,12H2,1H3/t10-/m0/s1. The largest absolute Gasteiger partial charge is 0.323 e. The van der Waals surface area contributed by atoms with E-state index < -0.39 is 0 Å². The monoisotopic (exact) mass is 202 g/mol. The smallest absolute Gasteiger partial charge is 0.0992 e. The minimum Gasteiger partial charge on any atom is -0.323 e. The number of nitrogens with two attached hydrogens (primary N) is 1. The van der Waals surface area contributed by atoms with Gasteiger partial charge in [-0.25, -0.2) is 4.98 Å². The molecule has 0 unspecified atom stereocenters. The second kappa shape index (κ2) is 4.23. The number of hydrogen-bond acceptors (Lipinski definition) is 3. The second-order valence-electron chi connectivity index (χ2n) is 3.43. The molecule has 0 spiro atoms. The number of hydrogen-bond donors (Lipinski definition) is 1. The van der Waals surface area contributed by atoms with Gasteiger partial charge in [0, 0.05) is 18.4 Å². The summed E-state index contributed by atoms with van der Waals surface area (Å²) in [4.78, 5) is 8.31. The van der Waals surface area contributed by atoms with Crippen LogP contribution in [0.3, 0.4) is 0 Å². The summed E-state index contributed by atoms with van der Waals surface area (Å²) < 4.78 is 1.91. The summed E-state index contributed by atoms with van der Waals surface area (Å²) >= 11 is 0. The van der Waals surface area contributed by atoms with Gasteiger partial charge in [-0.3, -0.25) is 4.98 Å². The molecule has 0 aliphatic carbocycles. The molecule has 0 saturated carbocycles. The molecule has 15 heavy (non-hydrogen) atoms. The predicted octanol–water partition coefficient (Wildman–Crippen LogP) is 1.68. The van der Waals surface area contributed by atoms with Crippen LogP contribution in [0.15, 0.2) is 37.1 Å². The Hall–Kier alpha value is -1.68. The van der Waals surface area contributed by atoms with Crippen LogP contribution in [0, 0.1) is 0 Å². The minimum absolute atomic E-state index is 0.0295. The second-order valence-corrected chi connectivity index (χ2v) is 3.43. The van der Waals surface area contributed by atoms with Gasteiger partial charge in [0.25, 0.3) is 0 Å². The molecule has 2 aromatic heterocycles. The summed E-state index contributed by atoms with van der Waals surface area (Å²) in [6.45, 7) is 2.05. The van der Waals surface area contributed by atoms with E-state index in [4.69, 9.17) is 5.73 Å². The molecule has 0 amide bonds. The Bertz CT molecular complexity index is 405. The van der Waals surface area contributed by atoms with E-state index in [2.05, 4.69) is 16.9 Å². The van der Waals surface area contributed by atoms with E-state index >= 15 is 0 Å². The van der Waals surface area contributed by atoms with Crippen molar-refractivity contribution >= 4 is 0 Å². The van der Waals surface area contributed by atoms with E-state index in [0.717, 1.165) is 17.8 Å². The lowest BCUT2D eigenvalue weighted by molar-refractivity contribution is 0.675. The molecule has 2 N–H and O–H groups in total. The van der Waals surface area contributed by atoms with Crippen molar-refractivity contribution in [2.45, 2.75) is 19.4 Å². The lowest BCUT2D eigenvalue weighted by atomic mass is 10.1. The SMILES string of the molecule is CC[C@H](N)c1ccc(-n2ccnc2)cn1. The number of nitrogens with zero attached hydrogens (tertiary/aromatic N) is 3. The molecule has 2 aromatic rings. The summed E-state index contributed by atoms with van der Waals surface area (Å²) in [5, 5.41) is 0. The van der Waals surface area contributed by atoms with Crippen LogP contribution in [0.5, 0.6) is 0 Å². The highest BCUT2D eigenvalue weighted by molar-refractivity contribution is 5.30. The number of imidazole rings is 1. The Morgan fingerprint density at radius 1 is 1.47 bits per heavy atom. The summed E-state index contributed by atoms with van der Waals surface area (Å²) in [6, 6.07) is 3.99. The van der Waals surface area contributed by atoms with E-state index in [0.29, 0.717) is 0 Å². The van der Waals surface area contributed by atoms with Crippen molar-refractivity contribution in [2.75, 3.05) is 0 Å². The van der Waals surface area contributed by atoms with E-state index in [-0.39, 0.29) is 6.04 Å². The molecule has 0 aromatic carbocycles. The molecule has 0 radical (unpaired) electrons. The molecule has 2 rings (SSSR count). The first-order chi connectivity index (χ1) is 7.31. The van der Waals surface area contributed by atoms with Gasteiger partial charge in [-0.1, -0.05) is 6.92 Å². The van der Waals surface area contributed by atoms with Crippen LogP contribution in [0.2, 0.25) is 0 Å². The molecule has 4 heteroatoms. The van der Waals surface area contributed by atoms with Crippen LogP contribution >= 0.6 is 0 Å². The van der Waals surface area contributed by atoms with Gasteiger partial charge >= 0.3 is 0 Å². The van der Waals surface area contributed by atoms with Gasteiger partial charge in [-0.2, -0.15) is 0 Å². The molecular weight excluding hydrogens is 188 g/mol. The van der Waals surface area contributed by atoms with Crippen LogP contribution in [0.1, 0.15) is 25.1 Å². The maximum Gasteiger partial charge on any atom is 0.0992 e. The third-order valence-electron chi connectivity index (χ3n) is 2.39. The van der Waals surface area contributed by atoms with Gasteiger partial charge in [-0.05, 0) is 18.6 Å². The van der Waals surface area contributed by atoms with Crippen LogP contribution in [0.4, 0.5) is 0 Å². The highest BCUT2D eigenvalue weighted by atomic mass is 15.0. The third-order valence-corrected chi connectivity index (χ3v) is 2.39. The third kappa shape index (κ3) is 2.05. The first-order valence-electron chi connectivity index (χ1n) is 5.01. The molecule has 78 valence electrons. The maximum atomic E-state index is 5.88. The first-order valence-corrected chi connectivity index (χ1v) is 5.01. The number of pyridine rings is 1. The average molecular weight is 202 g/mol. The van der Waals surface area contributed by atoms with Crippen molar-refractivity contribution in [3.05, 3.63) is 42.7 Å². The Morgan fingerprint density at radius 3 is 2.87 bits per heavy atom. The predicted molar refractivity (Wildman–Crippen MR) is 58.6 cm³/mol. The zero-order valence-electron chi connectivity index (χ0n) is 8.67. The first kappa shape index (κ1) is 9.86. The summed E-state index contributed by atoms with van der Waals surface area (Å²) in [5.41, 5.74) is 7.81. The van der Waals surface area contributed by atoms with Gasteiger partial charge in [0.2, 0.25) is 0 Å². The molecule has 4 nitrogen and oxygen atoms in total. The van der Waals surface area contributed by atoms with Crippen molar-refractivity contribution < 1.29 is 0 Å². The molecule has 1 atom stereocenters. The van der Waals surface area contributed by atoms with Gasteiger partial charge in [-0.15, -0.1) is 0 Å². The fourth-order valence-electron chi connectivity index (χ4n) is 1.39.